The van der Waals surface area contributed by atoms with Gasteiger partial charge in [0.1, 0.15) is 6.04 Å². The van der Waals surface area contributed by atoms with E-state index in [4.69, 9.17) is 0 Å². The van der Waals surface area contributed by atoms with E-state index in [1.807, 2.05) is 6.07 Å². The van der Waals surface area contributed by atoms with Crippen molar-refractivity contribution in [3.63, 3.8) is 0 Å². The Morgan fingerprint density at radius 1 is 0.926 bits per heavy atom. The number of carbonyl (C=O) groups excluding carboxylic acids is 3. The molecule has 0 radical (unpaired) electrons. The summed E-state index contributed by atoms with van der Waals surface area (Å²) >= 11 is 0. The lowest BCUT2D eigenvalue weighted by Crippen LogP contribution is -2.41. The summed E-state index contributed by atoms with van der Waals surface area (Å²) in [5, 5.41) is 7.85. The smallest absolute Gasteiger partial charge is 0.411 e. The highest BCUT2D eigenvalue weighted by molar-refractivity contribution is 5.95. The number of urea groups is 1. The molecule has 0 aromatic heterocycles. The second-order valence-electron chi connectivity index (χ2n) is 5.87. The summed E-state index contributed by atoms with van der Waals surface area (Å²) in [5.74, 6) is -0.252. The van der Waals surface area contributed by atoms with Gasteiger partial charge >= 0.3 is 12.1 Å². The molecule has 8 heteroatoms. The zero-order valence-corrected chi connectivity index (χ0v) is 15.4. The van der Waals surface area contributed by atoms with Gasteiger partial charge in [-0.15, -0.1) is 0 Å². The Balaban J connectivity index is 2.11. The van der Waals surface area contributed by atoms with Crippen molar-refractivity contribution in [2.45, 2.75) is 6.04 Å². The molecule has 8 nitrogen and oxygen atoms in total. The lowest BCUT2D eigenvalue weighted by molar-refractivity contribution is -0.130. The van der Waals surface area contributed by atoms with Crippen LogP contribution < -0.4 is 16.0 Å². The number of amides is 4. The lowest BCUT2D eigenvalue weighted by Gasteiger charge is -2.22. The first-order valence-corrected chi connectivity index (χ1v) is 8.19. The van der Waals surface area contributed by atoms with Crippen LogP contribution >= 0.6 is 0 Å². The quantitative estimate of drug-likeness (QED) is 0.753. The van der Waals surface area contributed by atoms with Crippen molar-refractivity contribution < 1.29 is 19.1 Å². The van der Waals surface area contributed by atoms with E-state index in [0.29, 0.717) is 16.9 Å². The van der Waals surface area contributed by atoms with Crippen molar-refractivity contribution in [1.29, 1.82) is 0 Å². The minimum atomic E-state index is -0.822. The molecule has 0 saturated carbocycles. The maximum Gasteiger partial charge on any atom is 0.411 e. The van der Waals surface area contributed by atoms with Crippen LogP contribution in [0.2, 0.25) is 0 Å². The summed E-state index contributed by atoms with van der Waals surface area (Å²) < 4.78 is 4.53. The van der Waals surface area contributed by atoms with E-state index in [9.17, 15) is 14.4 Å². The van der Waals surface area contributed by atoms with E-state index in [2.05, 4.69) is 20.7 Å². The van der Waals surface area contributed by atoms with Crippen molar-refractivity contribution in [1.82, 2.24) is 10.2 Å². The molecule has 0 bridgehead atoms. The largest absolute Gasteiger partial charge is 0.453 e. The summed E-state index contributed by atoms with van der Waals surface area (Å²) in [7, 11) is 4.51. The van der Waals surface area contributed by atoms with Crippen molar-refractivity contribution in [3.8, 4) is 0 Å². The van der Waals surface area contributed by atoms with E-state index in [-0.39, 0.29) is 5.91 Å². The van der Waals surface area contributed by atoms with Gasteiger partial charge in [0.05, 0.1) is 7.11 Å². The molecular formula is C19H22N4O4. The fourth-order valence-corrected chi connectivity index (χ4v) is 2.33. The molecule has 0 aliphatic rings. The number of anilines is 2. The van der Waals surface area contributed by atoms with Crippen LogP contribution in [0.5, 0.6) is 0 Å². The number of nitrogens with zero attached hydrogens (tertiary/aromatic N) is 1. The van der Waals surface area contributed by atoms with Crippen LogP contribution in [0.1, 0.15) is 11.6 Å². The normalized spacial score (nSPS) is 11.1. The number of benzene rings is 2. The number of nitrogens with one attached hydrogen (secondary N) is 3. The average Bonchev–Trinajstić information content (AvgIpc) is 2.66. The van der Waals surface area contributed by atoms with Gasteiger partial charge in [-0.25, -0.2) is 9.59 Å². The van der Waals surface area contributed by atoms with Crippen LogP contribution in [0.4, 0.5) is 21.0 Å². The van der Waals surface area contributed by atoms with E-state index in [1.54, 1.807) is 62.6 Å². The van der Waals surface area contributed by atoms with Crippen molar-refractivity contribution in [3.05, 3.63) is 60.2 Å². The lowest BCUT2D eigenvalue weighted by atomic mass is 10.1. The maximum absolute atomic E-state index is 12.5. The Hall–Kier alpha value is -3.55. The van der Waals surface area contributed by atoms with Crippen molar-refractivity contribution in [2.24, 2.45) is 0 Å². The van der Waals surface area contributed by atoms with Gasteiger partial charge in [-0.3, -0.25) is 10.1 Å². The van der Waals surface area contributed by atoms with E-state index in [0.717, 1.165) is 0 Å². The Labute approximate surface area is 157 Å². The molecule has 142 valence electrons. The molecule has 1 atom stereocenters. The van der Waals surface area contributed by atoms with E-state index >= 15 is 0 Å². The Bertz CT molecular complexity index is 808. The molecule has 0 saturated heterocycles. The van der Waals surface area contributed by atoms with Crippen LogP contribution in [-0.2, 0) is 9.53 Å². The Morgan fingerprint density at radius 2 is 1.56 bits per heavy atom. The van der Waals surface area contributed by atoms with Crippen LogP contribution in [-0.4, -0.2) is 44.1 Å². The maximum atomic E-state index is 12.5. The standard InChI is InChI=1S/C19H22N4O4/c1-23(2)17(24)16(13-8-5-4-6-9-13)22-18(25)20-14-10-7-11-15(12-14)21-19(26)27-3/h4-12,16H,1-3H3,(H,21,26)(H2,20,22,25)/t16-/m0/s1. The SMILES string of the molecule is COC(=O)Nc1cccc(NC(=O)N[C@H](C(=O)N(C)C)c2ccccc2)c1. The zero-order valence-electron chi connectivity index (χ0n) is 15.4. The number of methoxy groups -OCH3 is 1. The summed E-state index contributed by atoms with van der Waals surface area (Å²) in [6.45, 7) is 0. The Kier molecular flexibility index (Phi) is 6.76. The topological polar surface area (TPSA) is 99.8 Å². The number of hydrogen-bond acceptors (Lipinski definition) is 4. The molecule has 0 fully saturated rings. The molecule has 2 aromatic rings. The second-order valence-corrected chi connectivity index (χ2v) is 5.87. The molecule has 2 aromatic carbocycles. The average molecular weight is 370 g/mol. The highest BCUT2D eigenvalue weighted by atomic mass is 16.5. The van der Waals surface area contributed by atoms with Gasteiger partial charge in [0.15, 0.2) is 0 Å². The third-order valence-corrected chi connectivity index (χ3v) is 3.65. The number of ether oxygens (including phenoxy) is 1. The Morgan fingerprint density at radius 3 is 2.15 bits per heavy atom. The summed E-state index contributed by atoms with van der Waals surface area (Å²) in [6.07, 6.45) is -0.614. The summed E-state index contributed by atoms with van der Waals surface area (Å²) in [5.41, 5.74) is 1.58. The molecular weight excluding hydrogens is 348 g/mol. The number of carbonyl (C=O) groups is 3. The molecule has 0 spiro atoms. The number of rotatable bonds is 5. The predicted octanol–water partition coefficient (Wildman–Crippen LogP) is 2.82. The molecule has 2 rings (SSSR count). The van der Waals surface area contributed by atoms with Gasteiger partial charge in [-0.05, 0) is 23.8 Å². The predicted molar refractivity (Wildman–Crippen MR) is 103 cm³/mol. The number of likely N-dealkylation sites (N-methyl/N-ethyl adjacent to an activating group) is 1. The first-order chi connectivity index (χ1) is 12.9. The van der Waals surface area contributed by atoms with Gasteiger partial charge in [0.2, 0.25) is 5.91 Å². The minimum Gasteiger partial charge on any atom is -0.453 e. The molecule has 0 unspecified atom stereocenters. The number of hydrogen-bond donors (Lipinski definition) is 3. The van der Waals surface area contributed by atoms with Gasteiger partial charge in [-0.1, -0.05) is 36.4 Å². The van der Waals surface area contributed by atoms with Crippen molar-refractivity contribution >= 4 is 29.4 Å². The fraction of sp³-hybridized carbons (Fsp3) is 0.211. The van der Waals surface area contributed by atoms with Crippen molar-refractivity contribution in [2.75, 3.05) is 31.8 Å². The monoisotopic (exact) mass is 370 g/mol. The summed E-state index contributed by atoms with van der Waals surface area (Å²) in [6, 6.07) is 14.2. The zero-order chi connectivity index (χ0) is 19.8. The summed E-state index contributed by atoms with van der Waals surface area (Å²) in [4.78, 5) is 37.6. The minimum absolute atomic E-state index is 0.252. The molecule has 3 N–H and O–H groups in total. The van der Waals surface area contributed by atoms with Gasteiger partial charge in [-0.2, -0.15) is 0 Å². The first kappa shape index (κ1) is 19.8. The molecule has 4 amide bonds. The van der Waals surface area contributed by atoms with Crippen LogP contribution in [0.3, 0.4) is 0 Å². The second kappa shape index (κ2) is 9.23. The van der Waals surface area contributed by atoms with Gasteiger partial charge in [0.25, 0.3) is 0 Å². The third kappa shape index (κ3) is 5.74. The third-order valence-electron chi connectivity index (χ3n) is 3.65. The van der Waals surface area contributed by atoms with Crippen LogP contribution in [0.15, 0.2) is 54.6 Å². The van der Waals surface area contributed by atoms with E-state index in [1.165, 1.54) is 12.0 Å². The highest BCUT2D eigenvalue weighted by Gasteiger charge is 2.24. The highest BCUT2D eigenvalue weighted by Crippen LogP contribution is 2.17. The molecule has 0 aliphatic heterocycles. The van der Waals surface area contributed by atoms with Crippen LogP contribution in [0.25, 0.3) is 0 Å². The van der Waals surface area contributed by atoms with Crippen LogP contribution in [0, 0.1) is 0 Å². The van der Waals surface area contributed by atoms with E-state index < -0.39 is 18.2 Å². The van der Waals surface area contributed by atoms with Gasteiger partial charge < -0.3 is 20.3 Å². The molecule has 0 heterocycles. The molecule has 27 heavy (non-hydrogen) atoms. The fourth-order valence-electron chi connectivity index (χ4n) is 2.33. The first-order valence-electron chi connectivity index (χ1n) is 8.19. The molecule has 0 aliphatic carbocycles. The van der Waals surface area contributed by atoms with Gasteiger partial charge in [0, 0.05) is 25.5 Å².